The zero-order valence-electron chi connectivity index (χ0n) is 15.2. The fourth-order valence-electron chi connectivity index (χ4n) is 3.01. The van der Waals surface area contributed by atoms with Gasteiger partial charge in [0.1, 0.15) is 24.3 Å². The molecule has 2 aromatic carbocycles. The maximum atomic E-state index is 13.0. The van der Waals surface area contributed by atoms with Gasteiger partial charge in [0.15, 0.2) is 0 Å². The maximum absolute atomic E-state index is 13.0. The molecule has 28 heavy (non-hydrogen) atoms. The van der Waals surface area contributed by atoms with Crippen LogP contribution in [0.4, 0.5) is 4.39 Å². The molecule has 1 N–H and O–H groups in total. The average molecular weight is 473 g/mol. The Hall–Kier alpha value is -1.52. The number of sulfonamides is 1. The molecule has 1 fully saturated rings. The van der Waals surface area contributed by atoms with Crippen molar-refractivity contribution in [1.82, 2.24) is 9.21 Å². The Kier molecular flexibility index (Phi) is 7.05. The lowest BCUT2D eigenvalue weighted by molar-refractivity contribution is 0.0569. The van der Waals surface area contributed by atoms with E-state index in [1.165, 1.54) is 16.4 Å². The minimum atomic E-state index is -3.63. The standard InChI is InChI=1S/C19H22BrFN2O4S/c20-15-2-1-3-18(12-15)27-14-17(24)13-22-8-10-23(11-9-22)28(25,26)19-6-4-16(21)5-7-19/h1-7,12,17,24H,8-11,13-14H2/t17-/m0/s1. The Bertz CT molecular complexity index is 887. The van der Waals surface area contributed by atoms with Crippen LogP contribution in [-0.4, -0.2) is 68.2 Å². The van der Waals surface area contributed by atoms with Crippen molar-refractivity contribution in [2.24, 2.45) is 0 Å². The molecule has 1 atom stereocenters. The summed E-state index contributed by atoms with van der Waals surface area (Å²) in [6.45, 7) is 2.21. The fraction of sp³-hybridized carbons (Fsp3) is 0.368. The molecule has 2 aromatic rings. The molecule has 0 bridgehead atoms. The molecular formula is C19H22BrFN2O4S. The van der Waals surface area contributed by atoms with Gasteiger partial charge in [-0.3, -0.25) is 4.90 Å². The van der Waals surface area contributed by atoms with E-state index in [1.807, 2.05) is 29.2 Å². The number of hydrogen-bond donors (Lipinski definition) is 1. The molecule has 1 heterocycles. The maximum Gasteiger partial charge on any atom is 0.243 e. The first kappa shape index (κ1) is 21.2. The van der Waals surface area contributed by atoms with Gasteiger partial charge in [0.05, 0.1) is 4.90 Å². The van der Waals surface area contributed by atoms with Gasteiger partial charge in [0.2, 0.25) is 10.0 Å². The summed E-state index contributed by atoms with van der Waals surface area (Å²) >= 11 is 3.37. The van der Waals surface area contributed by atoms with E-state index in [1.54, 1.807) is 0 Å². The number of benzene rings is 2. The second-order valence-electron chi connectivity index (χ2n) is 6.58. The zero-order valence-corrected chi connectivity index (χ0v) is 17.6. The quantitative estimate of drug-likeness (QED) is 0.669. The molecule has 152 valence electrons. The number of hydrogen-bond acceptors (Lipinski definition) is 5. The monoisotopic (exact) mass is 472 g/mol. The second-order valence-corrected chi connectivity index (χ2v) is 9.43. The summed E-state index contributed by atoms with van der Waals surface area (Å²) in [5.41, 5.74) is 0. The smallest absolute Gasteiger partial charge is 0.243 e. The number of rotatable bonds is 7. The molecule has 6 nitrogen and oxygen atoms in total. The Morgan fingerprint density at radius 2 is 1.79 bits per heavy atom. The summed E-state index contributed by atoms with van der Waals surface area (Å²) in [4.78, 5) is 2.09. The molecule has 0 spiro atoms. The molecule has 0 aliphatic carbocycles. The minimum Gasteiger partial charge on any atom is -0.491 e. The van der Waals surface area contributed by atoms with Crippen LogP contribution in [0, 0.1) is 5.82 Å². The fourth-order valence-corrected chi connectivity index (χ4v) is 4.81. The summed E-state index contributed by atoms with van der Waals surface area (Å²) in [5, 5.41) is 10.2. The van der Waals surface area contributed by atoms with Gasteiger partial charge in [-0.2, -0.15) is 4.31 Å². The van der Waals surface area contributed by atoms with E-state index in [9.17, 15) is 17.9 Å². The summed E-state index contributed by atoms with van der Waals surface area (Å²) < 4.78 is 46.2. The van der Waals surface area contributed by atoms with E-state index < -0.39 is 21.9 Å². The van der Waals surface area contributed by atoms with Gasteiger partial charge >= 0.3 is 0 Å². The third-order valence-electron chi connectivity index (χ3n) is 4.49. The van der Waals surface area contributed by atoms with Gasteiger partial charge in [0.25, 0.3) is 0 Å². The van der Waals surface area contributed by atoms with E-state index in [4.69, 9.17) is 4.74 Å². The normalized spacial score (nSPS) is 17.4. The number of aliphatic hydroxyl groups is 1. The van der Waals surface area contributed by atoms with Crippen LogP contribution in [0.25, 0.3) is 0 Å². The number of nitrogens with zero attached hydrogens (tertiary/aromatic N) is 2. The van der Waals surface area contributed by atoms with Gasteiger partial charge < -0.3 is 9.84 Å². The molecule has 9 heteroatoms. The molecule has 0 unspecified atom stereocenters. The van der Waals surface area contributed by atoms with Crippen LogP contribution >= 0.6 is 15.9 Å². The van der Waals surface area contributed by atoms with Gasteiger partial charge in [-0.15, -0.1) is 0 Å². The van der Waals surface area contributed by atoms with E-state index in [2.05, 4.69) is 15.9 Å². The van der Waals surface area contributed by atoms with Crippen molar-refractivity contribution in [2.75, 3.05) is 39.3 Å². The number of piperazine rings is 1. The molecule has 0 amide bonds. The SMILES string of the molecule is O=S(=O)(c1ccc(F)cc1)N1CCN(C[C@H](O)COc2cccc(Br)c2)CC1. The van der Waals surface area contributed by atoms with Crippen LogP contribution in [-0.2, 0) is 10.0 Å². The predicted octanol–water partition coefficient (Wildman–Crippen LogP) is 2.33. The Morgan fingerprint density at radius 1 is 1.11 bits per heavy atom. The Morgan fingerprint density at radius 3 is 2.43 bits per heavy atom. The zero-order chi connectivity index (χ0) is 20.1. The minimum absolute atomic E-state index is 0.0878. The first-order valence-corrected chi connectivity index (χ1v) is 11.1. The lowest BCUT2D eigenvalue weighted by Crippen LogP contribution is -2.50. The summed E-state index contributed by atoms with van der Waals surface area (Å²) in [7, 11) is -3.63. The first-order chi connectivity index (χ1) is 13.3. The van der Waals surface area contributed by atoms with Crippen LogP contribution in [0.15, 0.2) is 57.9 Å². The van der Waals surface area contributed by atoms with Crippen molar-refractivity contribution in [3.8, 4) is 5.75 Å². The van der Waals surface area contributed by atoms with Gasteiger partial charge in [-0.05, 0) is 42.5 Å². The van der Waals surface area contributed by atoms with E-state index in [0.717, 1.165) is 16.6 Å². The molecule has 0 saturated carbocycles. The highest BCUT2D eigenvalue weighted by molar-refractivity contribution is 9.10. The van der Waals surface area contributed by atoms with Gasteiger partial charge in [0, 0.05) is 37.2 Å². The van der Waals surface area contributed by atoms with E-state index >= 15 is 0 Å². The van der Waals surface area contributed by atoms with Crippen molar-refractivity contribution in [3.63, 3.8) is 0 Å². The van der Waals surface area contributed by atoms with E-state index in [-0.39, 0.29) is 11.5 Å². The lowest BCUT2D eigenvalue weighted by Gasteiger charge is -2.34. The number of halogens is 2. The van der Waals surface area contributed by atoms with Crippen LogP contribution in [0.2, 0.25) is 0 Å². The molecule has 0 aromatic heterocycles. The molecule has 1 saturated heterocycles. The van der Waals surface area contributed by atoms with Gasteiger partial charge in [-0.1, -0.05) is 22.0 Å². The van der Waals surface area contributed by atoms with Crippen LogP contribution < -0.4 is 4.74 Å². The lowest BCUT2D eigenvalue weighted by atomic mass is 10.3. The topological polar surface area (TPSA) is 70.1 Å². The van der Waals surface area contributed by atoms with Crippen LogP contribution in [0.1, 0.15) is 0 Å². The highest BCUT2D eigenvalue weighted by Crippen LogP contribution is 2.19. The summed E-state index contributed by atoms with van der Waals surface area (Å²) in [6.07, 6.45) is -0.681. The largest absolute Gasteiger partial charge is 0.491 e. The van der Waals surface area contributed by atoms with Crippen molar-refractivity contribution in [1.29, 1.82) is 0 Å². The van der Waals surface area contributed by atoms with Crippen LogP contribution in [0.3, 0.4) is 0 Å². The van der Waals surface area contributed by atoms with Crippen molar-refractivity contribution < 1.29 is 22.7 Å². The number of ether oxygens (including phenoxy) is 1. The molecule has 1 aliphatic rings. The second kappa shape index (κ2) is 9.32. The average Bonchev–Trinajstić information content (AvgIpc) is 2.67. The highest BCUT2D eigenvalue weighted by Gasteiger charge is 2.29. The third-order valence-corrected chi connectivity index (χ3v) is 6.90. The Balaban J connectivity index is 1.47. The first-order valence-electron chi connectivity index (χ1n) is 8.89. The molecule has 3 rings (SSSR count). The summed E-state index contributed by atoms with van der Waals surface area (Å²) in [6, 6.07) is 12.2. The molecule has 1 aliphatic heterocycles. The number of β-amino-alcohol motifs (C(OH)–C–C–N with tert-alkyl or cyclic N) is 1. The molecular weight excluding hydrogens is 451 g/mol. The van der Waals surface area contributed by atoms with Gasteiger partial charge in [-0.25, -0.2) is 12.8 Å². The van der Waals surface area contributed by atoms with E-state index in [0.29, 0.717) is 38.5 Å². The predicted molar refractivity (Wildman–Crippen MR) is 107 cm³/mol. The van der Waals surface area contributed by atoms with Crippen molar-refractivity contribution in [2.45, 2.75) is 11.0 Å². The van der Waals surface area contributed by atoms with Crippen LogP contribution in [0.5, 0.6) is 5.75 Å². The summed E-state index contributed by atoms with van der Waals surface area (Å²) in [5.74, 6) is 0.200. The highest BCUT2D eigenvalue weighted by atomic mass is 79.9. The number of aliphatic hydroxyl groups excluding tert-OH is 1. The Labute approximate surface area is 172 Å². The molecule has 0 radical (unpaired) electrons. The van der Waals surface area contributed by atoms with Crippen molar-refractivity contribution in [3.05, 3.63) is 58.8 Å². The van der Waals surface area contributed by atoms with Crippen molar-refractivity contribution >= 4 is 26.0 Å². The third kappa shape index (κ3) is 5.51.